The molecule has 0 saturated heterocycles. The molecule has 0 aromatic heterocycles. The van der Waals surface area contributed by atoms with Gasteiger partial charge in [-0.25, -0.2) is 0 Å². The fourth-order valence-corrected chi connectivity index (χ4v) is 2.89. The number of rotatable bonds is 3. The summed E-state index contributed by atoms with van der Waals surface area (Å²) in [5.41, 5.74) is 7.38. The molecule has 1 aliphatic carbocycles. The van der Waals surface area contributed by atoms with Crippen LogP contribution in [0, 0.1) is 12.3 Å². The quantitative estimate of drug-likeness (QED) is 0.924. The Morgan fingerprint density at radius 1 is 1.53 bits per heavy atom. The second-order valence-corrected chi connectivity index (χ2v) is 6.13. The van der Waals surface area contributed by atoms with E-state index in [2.05, 4.69) is 42.8 Å². The maximum Gasteiger partial charge on any atom is 0.122 e. The van der Waals surface area contributed by atoms with Gasteiger partial charge in [0.15, 0.2) is 0 Å². The van der Waals surface area contributed by atoms with Crippen molar-refractivity contribution >= 4 is 15.9 Å². The van der Waals surface area contributed by atoms with Crippen LogP contribution in [0.4, 0.5) is 0 Å². The highest BCUT2D eigenvalue weighted by atomic mass is 79.9. The van der Waals surface area contributed by atoms with Gasteiger partial charge in [0.1, 0.15) is 11.9 Å². The summed E-state index contributed by atoms with van der Waals surface area (Å²) in [5, 5.41) is 0. The largest absolute Gasteiger partial charge is 0.489 e. The summed E-state index contributed by atoms with van der Waals surface area (Å²) in [4.78, 5) is 0. The van der Waals surface area contributed by atoms with Crippen LogP contribution in [0.1, 0.15) is 32.3 Å². The lowest BCUT2D eigenvalue weighted by Gasteiger charge is -2.51. The maximum atomic E-state index is 6.11. The number of aryl methyl sites for hydroxylation is 1. The number of hydrogen-bond donors (Lipinski definition) is 1. The van der Waals surface area contributed by atoms with Crippen molar-refractivity contribution in [2.75, 3.05) is 0 Å². The van der Waals surface area contributed by atoms with E-state index in [-0.39, 0.29) is 17.6 Å². The maximum absolute atomic E-state index is 6.11. The van der Waals surface area contributed by atoms with Crippen LogP contribution >= 0.6 is 15.9 Å². The van der Waals surface area contributed by atoms with Gasteiger partial charge in [-0.05, 0) is 37.1 Å². The minimum atomic E-state index is 0.125. The van der Waals surface area contributed by atoms with E-state index in [4.69, 9.17) is 10.5 Å². The lowest BCUT2D eigenvalue weighted by Crippen LogP contribution is -2.61. The van der Waals surface area contributed by atoms with Crippen LogP contribution in [0.25, 0.3) is 0 Å². The molecular weight excluding hydrogens is 278 g/mol. The van der Waals surface area contributed by atoms with Gasteiger partial charge >= 0.3 is 0 Å². The van der Waals surface area contributed by atoms with Crippen molar-refractivity contribution in [1.29, 1.82) is 0 Å². The molecule has 0 radical (unpaired) electrons. The van der Waals surface area contributed by atoms with Gasteiger partial charge in [-0.3, -0.25) is 0 Å². The molecule has 0 amide bonds. The molecule has 2 N–H and O–H groups in total. The molecule has 0 aliphatic heterocycles. The Morgan fingerprint density at radius 3 is 2.76 bits per heavy atom. The Balaban J connectivity index is 2.12. The summed E-state index contributed by atoms with van der Waals surface area (Å²) in [6.45, 7) is 6.48. The fourth-order valence-electron chi connectivity index (χ4n) is 2.42. The summed E-state index contributed by atoms with van der Waals surface area (Å²) in [5.74, 6) is 0.977. The van der Waals surface area contributed by atoms with E-state index in [9.17, 15) is 0 Å². The molecule has 3 atom stereocenters. The molecule has 1 saturated carbocycles. The smallest absolute Gasteiger partial charge is 0.122 e. The molecule has 0 bridgehead atoms. The van der Waals surface area contributed by atoms with Gasteiger partial charge in [-0.1, -0.05) is 29.8 Å². The lowest BCUT2D eigenvalue weighted by atomic mass is 9.62. The first-order chi connectivity index (χ1) is 7.97. The standard InChI is InChI=1S/C14H20BrNO/c1-4-14(3)12(16)8-13(14)17-11-6-5-10(15)7-9(11)2/h5-7,12-13H,4,8,16H2,1-3H3. The van der Waals surface area contributed by atoms with E-state index >= 15 is 0 Å². The highest BCUT2D eigenvalue weighted by molar-refractivity contribution is 9.10. The number of nitrogens with two attached hydrogens (primary N) is 1. The van der Waals surface area contributed by atoms with Gasteiger partial charge in [0, 0.05) is 22.4 Å². The molecule has 0 spiro atoms. The third-order valence-electron chi connectivity index (χ3n) is 4.22. The third-order valence-corrected chi connectivity index (χ3v) is 4.71. The van der Waals surface area contributed by atoms with Crippen LogP contribution in [0.15, 0.2) is 22.7 Å². The SMILES string of the molecule is CCC1(C)C(N)CC1Oc1ccc(Br)cc1C. The lowest BCUT2D eigenvalue weighted by molar-refractivity contribution is -0.0563. The van der Waals surface area contributed by atoms with Crippen molar-refractivity contribution < 1.29 is 4.74 Å². The van der Waals surface area contributed by atoms with Crippen molar-refractivity contribution in [2.24, 2.45) is 11.1 Å². The minimum absolute atomic E-state index is 0.125. The normalized spacial score (nSPS) is 32.1. The highest BCUT2D eigenvalue weighted by Gasteiger charge is 2.50. The van der Waals surface area contributed by atoms with Crippen LogP contribution in [0.2, 0.25) is 0 Å². The molecule has 3 unspecified atom stereocenters. The molecule has 1 aromatic carbocycles. The Labute approximate surface area is 112 Å². The summed E-state index contributed by atoms with van der Waals surface area (Å²) < 4.78 is 7.20. The van der Waals surface area contributed by atoms with Crippen LogP contribution in [-0.2, 0) is 0 Å². The van der Waals surface area contributed by atoms with E-state index < -0.39 is 0 Å². The first kappa shape index (κ1) is 12.9. The minimum Gasteiger partial charge on any atom is -0.489 e. The highest BCUT2D eigenvalue weighted by Crippen LogP contribution is 2.45. The van der Waals surface area contributed by atoms with E-state index in [0.29, 0.717) is 0 Å². The van der Waals surface area contributed by atoms with Gasteiger partial charge in [-0.15, -0.1) is 0 Å². The predicted octanol–water partition coefficient (Wildman–Crippen LogP) is 3.65. The summed E-state index contributed by atoms with van der Waals surface area (Å²) >= 11 is 3.46. The van der Waals surface area contributed by atoms with Gasteiger partial charge in [-0.2, -0.15) is 0 Å². The van der Waals surface area contributed by atoms with Crippen molar-refractivity contribution in [3.05, 3.63) is 28.2 Å². The van der Waals surface area contributed by atoms with Crippen LogP contribution in [0.5, 0.6) is 5.75 Å². The molecule has 94 valence electrons. The van der Waals surface area contributed by atoms with Gasteiger partial charge in [0.2, 0.25) is 0 Å². The Hall–Kier alpha value is -0.540. The van der Waals surface area contributed by atoms with Gasteiger partial charge < -0.3 is 10.5 Å². The van der Waals surface area contributed by atoms with Gasteiger partial charge in [0.25, 0.3) is 0 Å². The zero-order valence-electron chi connectivity index (χ0n) is 10.7. The van der Waals surface area contributed by atoms with Crippen LogP contribution < -0.4 is 10.5 Å². The van der Waals surface area contributed by atoms with Crippen molar-refractivity contribution in [3.8, 4) is 5.75 Å². The van der Waals surface area contributed by atoms with E-state index in [1.165, 1.54) is 5.56 Å². The number of ether oxygens (including phenoxy) is 1. The molecule has 2 nitrogen and oxygen atoms in total. The third kappa shape index (κ3) is 2.23. The van der Waals surface area contributed by atoms with Crippen molar-refractivity contribution in [1.82, 2.24) is 0 Å². The first-order valence-corrected chi connectivity index (χ1v) is 6.95. The fraction of sp³-hybridized carbons (Fsp3) is 0.571. The summed E-state index contributed by atoms with van der Waals surface area (Å²) in [7, 11) is 0. The van der Waals surface area contributed by atoms with Crippen LogP contribution in [0.3, 0.4) is 0 Å². The Kier molecular flexibility index (Phi) is 3.50. The second-order valence-electron chi connectivity index (χ2n) is 5.22. The monoisotopic (exact) mass is 297 g/mol. The van der Waals surface area contributed by atoms with Gasteiger partial charge in [0.05, 0.1) is 0 Å². The van der Waals surface area contributed by atoms with Crippen LogP contribution in [-0.4, -0.2) is 12.1 Å². The molecule has 0 heterocycles. The topological polar surface area (TPSA) is 35.2 Å². The number of benzene rings is 1. The molecule has 1 fully saturated rings. The van der Waals surface area contributed by atoms with E-state index in [1.54, 1.807) is 0 Å². The first-order valence-electron chi connectivity index (χ1n) is 6.15. The molecule has 1 aliphatic rings. The average Bonchev–Trinajstić information content (AvgIpc) is 2.30. The molecule has 2 rings (SSSR count). The zero-order valence-corrected chi connectivity index (χ0v) is 12.3. The van der Waals surface area contributed by atoms with E-state index in [1.807, 2.05) is 12.1 Å². The van der Waals surface area contributed by atoms with Crippen molar-refractivity contribution in [2.45, 2.75) is 45.8 Å². The predicted molar refractivity (Wildman–Crippen MR) is 74.3 cm³/mol. The molecule has 1 aromatic rings. The Bertz CT molecular complexity index is 421. The Morgan fingerprint density at radius 2 is 2.24 bits per heavy atom. The summed E-state index contributed by atoms with van der Waals surface area (Å²) in [6, 6.07) is 6.40. The molecule has 17 heavy (non-hydrogen) atoms. The number of hydrogen-bond acceptors (Lipinski definition) is 2. The van der Waals surface area contributed by atoms with E-state index in [0.717, 1.165) is 23.1 Å². The zero-order chi connectivity index (χ0) is 12.6. The number of halogens is 1. The molecular formula is C14H20BrNO. The molecule has 3 heteroatoms. The second kappa shape index (κ2) is 4.62. The summed E-state index contributed by atoms with van der Waals surface area (Å²) in [6.07, 6.45) is 2.27. The average molecular weight is 298 g/mol. The van der Waals surface area contributed by atoms with Crippen molar-refractivity contribution in [3.63, 3.8) is 0 Å².